The van der Waals surface area contributed by atoms with E-state index < -0.39 is 6.04 Å². The van der Waals surface area contributed by atoms with E-state index in [1.807, 2.05) is 30.5 Å². The third-order valence-corrected chi connectivity index (χ3v) is 3.48. The minimum absolute atomic E-state index is 0.0960. The molecule has 0 fully saturated rings. The summed E-state index contributed by atoms with van der Waals surface area (Å²) in [6, 6.07) is 7.47. The van der Waals surface area contributed by atoms with Crippen LogP contribution in [0, 0.1) is 0 Å². The molecule has 0 aliphatic heterocycles. The Labute approximate surface area is 119 Å². The number of ether oxygens (including phenoxy) is 1. The van der Waals surface area contributed by atoms with E-state index in [9.17, 15) is 4.79 Å². The molecule has 0 radical (unpaired) electrons. The number of carbonyl (C=O) groups is 1. The van der Waals surface area contributed by atoms with E-state index >= 15 is 0 Å². The van der Waals surface area contributed by atoms with Crippen molar-refractivity contribution in [1.82, 2.24) is 5.32 Å². The van der Waals surface area contributed by atoms with Crippen molar-refractivity contribution < 1.29 is 9.53 Å². The minimum Gasteiger partial charge on any atom is -0.380 e. The fourth-order valence-electron chi connectivity index (χ4n) is 1.72. The van der Waals surface area contributed by atoms with Gasteiger partial charge < -0.3 is 15.8 Å². The van der Waals surface area contributed by atoms with Gasteiger partial charge in [-0.3, -0.25) is 4.79 Å². The third kappa shape index (κ3) is 5.63. The van der Waals surface area contributed by atoms with Crippen LogP contribution in [0.1, 0.15) is 17.5 Å². The SMILES string of the molecule is COCc1ccccc1CNC(=O)[C@H](N)CCSC. The van der Waals surface area contributed by atoms with E-state index in [4.69, 9.17) is 10.5 Å². The molecule has 0 aromatic heterocycles. The van der Waals surface area contributed by atoms with E-state index in [1.54, 1.807) is 18.9 Å². The minimum atomic E-state index is -0.429. The maximum atomic E-state index is 11.8. The van der Waals surface area contributed by atoms with Gasteiger partial charge in [-0.2, -0.15) is 11.8 Å². The number of hydrogen-bond acceptors (Lipinski definition) is 4. The van der Waals surface area contributed by atoms with Crippen LogP contribution in [0.15, 0.2) is 24.3 Å². The number of carbonyl (C=O) groups excluding carboxylic acids is 1. The standard InChI is InChI=1S/C14H22N2O2S/c1-18-10-12-6-4-3-5-11(12)9-16-14(17)13(15)7-8-19-2/h3-6,13H,7-10,15H2,1-2H3,(H,16,17)/t13-/m1/s1. The van der Waals surface area contributed by atoms with Crippen molar-refractivity contribution in [3.63, 3.8) is 0 Å². The molecule has 0 spiro atoms. The maximum absolute atomic E-state index is 11.8. The third-order valence-electron chi connectivity index (χ3n) is 2.84. The lowest BCUT2D eigenvalue weighted by atomic mass is 10.1. The van der Waals surface area contributed by atoms with Gasteiger partial charge in [0, 0.05) is 13.7 Å². The number of methoxy groups -OCH3 is 1. The van der Waals surface area contributed by atoms with Crippen LogP contribution in [-0.2, 0) is 22.7 Å². The summed E-state index contributed by atoms with van der Waals surface area (Å²) < 4.78 is 5.14. The number of amides is 1. The van der Waals surface area contributed by atoms with Gasteiger partial charge in [0.1, 0.15) is 0 Å². The number of rotatable bonds is 8. The van der Waals surface area contributed by atoms with Crippen LogP contribution in [0.25, 0.3) is 0 Å². The molecule has 1 amide bonds. The van der Waals surface area contributed by atoms with Crippen molar-refractivity contribution in [3.05, 3.63) is 35.4 Å². The summed E-state index contributed by atoms with van der Waals surface area (Å²) in [7, 11) is 1.66. The van der Waals surface area contributed by atoms with Gasteiger partial charge in [-0.15, -0.1) is 0 Å². The molecule has 0 saturated heterocycles. The molecule has 0 heterocycles. The molecule has 106 valence electrons. The lowest BCUT2D eigenvalue weighted by Crippen LogP contribution is -2.40. The first-order valence-electron chi connectivity index (χ1n) is 6.27. The Hall–Kier alpha value is -1.04. The smallest absolute Gasteiger partial charge is 0.237 e. The lowest BCUT2D eigenvalue weighted by Gasteiger charge is -2.13. The van der Waals surface area contributed by atoms with Gasteiger partial charge in [0.05, 0.1) is 12.6 Å². The summed E-state index contributed by atoms with van der Waals surface area (Å²) in [6.45, 7) is 1.04. The predicted octanol–water partition coefficient (Wildman–Crippen LogP) is 1.53. The molecule has 1 rings (SSSR count). The van der Waals surface area contributed by atoms with E-state index in [-0.39, 0.29) is 5.91 Å². The molecule has 0 aliphatic carbocycles. The van der Waals surface area contributed by atoms with Crippen molar-refractivity contribution in [3.8, 4) is 0 Å². The molecule has 0 saturated carbocycles. The van der Waals surface area contributed by atoms with Crippen molar-refractivity contribution in [2.24, 2.45) is 5.73 Å². The summed E-state index contributed by atoms with van der Waals surface area (Å²) >= 11 is 1.69. The lowest BCUT2D eigenvalue weighted by molar-refractivity contribution is -0.122. The number of benzene rings is 1. The van der Waals surface area contributed by atoms with Gasteiger partial charge in [-0.25, -0.2) is 0 Å². The fourth-order valence-corrected chi connectivity index (χ4v) is 2.21. The Kier molecular flexibility index (Phi) is 7.55. The van der Waals surface area contributed by atoms with Gasteiger partial charge in [0.25, 0.3) is 0 Å². The van der Waals surface area contributed by atoms with Crippen LogP contribution < -0.4 is 11.1 Å². The van der Waals surface area contributed by atoms with Crippen molar-refractivity contribution in [1.29, 1.82) is 0 Å². The van der Waals surface area contributed by atoms with Crippen molar-refractivity contribution >= 4 is 17.7 Å². The van der Waals surface area contributed by atoms with E-state index in [0.717, 1.165) is 16.9 Å². The molecule has 4 nitrogen and oxygen atoms in total. The number of nitrogens with one attached hydrogen (secondary N) is 1. The topological polar surface area (TPSA) is 64.3 Å². The summed E-state index contributed by atoms with van der Waals surface area (Å²) in [6.07, 6.45) is 2.71. The number of nitrogens with two attached hydrogens (primary N) is 1. The fraction of sp³-hybridized carbons (Fsp3) is 0.500. The van der Waals surface area contributed by atoms with E-state index in [0.29, 0.717) is 19.6 Å². The Morgan fingerprint density at radius 1 is 1.42 bits per heavy atom. The highest BCUT2D eigenvalue weighted by Crippen LogP contribution is 2.09. The molecule has 0 aliphatic rings. The number of hydrogen-bond donors (Lipinski definition) is 2. The predicted molar refractivity (Wildman–Crippen MR) is 80.0 cm³/mol. The molecule has 3 N–H and O–H groups in total. The van der Waals surface area contributed by atoms with Crippen LogP contribution in [-0.4, -0.2) is 31.1 Å². The highest BCUT2D eigenvalue weighted by Gasteiger charge is 2.12. The van der Waals surface area contributed by atoms with Gasteiger partial charge >= 0.3 is 0 Å². The summed E-state index contributed by atoms with van der Waals surface area (Å²) in [5.74, 6) is 0.802. The molecule has 0 unspecified atom stereocenters. The van der Waals surface area contributed by atoms with Crippen LogP contribution >= 0.6 is 11.8 Å². The summed E-state index contributed by atoms with van der Waals surface area (Å²) in [5, 5.41) is 2.88. The molecular formula is C14H22N2O2S. The average Bonchev–Trinajstić information content (AvgIpc) is 2.43. The van der Waals surface area contributed by atoms with Crippen molar-refractivity contribution in [2.45, 2.75) is 25.6 Å². The molecule has 19 heavy (non-hydrogen) atoms. The van der Waals surface area contributed by atoms with Crippen LogP contribution in [0.4, 0.5) is 0 Å². The summed E-state index contributed by atoms with van der Waals surface area (Å²) in [4.78, 5) is 11.8. The molecule has 1 atom stereocenters. The number of thioether (sulfide) groups is 1. The quantitative estimate of drug-likeness (QED) is 0.759. The van der Waals surface area contributed by atoms with Gasteiger partial charge in [0.15, 0.2) is 0 Å². The van der Waals surface area contributed by atoms with E-state index in [1.165, 1.54) is 0 Å². The summed E-state index contributed by atoms with van der Waals surface area (Å²) in [5.41, 5.74) is 7.96. The van der Waals surface area contributed by atoms with Crippen LogP contribution in [0.2, 0.25) is 0 Å². The maximum Gasteiger partial charge on any atom is 0.237 e. The Balaban J connectivity index is 2.49. The first kappa shape index (κ1) is 16.0. The second-order valence-electron chi connectivity index (χ2n) is 4.31. The zero-order valence-corrected chi connectivity index (χ0v) is 12.3. The Morgan fingerprint density at radius 3 is 2.74 bits per heavy atom. The largest absolute Gasteiger partial charge is 0.380 e. The molecule has 1 aromatic carbocycles. The van der Waals surface area contributed by atoms with Crippen molar-refractivity contribution in [2.75, 3.05) is 19.1 Å². The molecule has 1 aromatic rings. The zero-order chi connectivity index (χ0) is 14.1. The van der Waals surface area contributed by atoms with E-state index in [2.05, 4.69) is 5.32 Å². The molecular weight excluding hydrogens is 260 g/mol. The highest BCUT2D eigenvalue weighted by atomic mass is 32.2. The van der Waals surface area contributed by atoms with Gasteiger partial charge in [-0.05, 0) is 29.6 Å². The second kappa shape index (κ2) is 8.96. The first-order valence-corrected chi connectivity index (χ1v) is 7.66. The first-order chi connectivity index (χ1) is 9.19. The van der Waals surface area contributed by atoms with Gasteiger partial charge in [0.2, 0.25) is 5.91 Å². The highest BCUT2D eigenvalue weighted by molar-refractivity contribution is 7.98. The normalized spacial score (nSPS) is 12.2. The molecule has 5 heteroatoms. The monoisotopic (exact) mass is 282 g/mol. The zero-order valence-electron chi connectivity index (χ0n) is 11.5. The van der Waals surface area contributed by atoms with Crippen LogP contribution in [0.3, 0.4) is 0 Å². The Morgan fingerprint density at radius 2 is 2.11 bits per heavy atom. The van der Waals surface area contributed by atoms with Gasteiger partial charge in [-0.1, -0.05) is 24.3 Å². The Bertz CT molecular complexity index is 399. The van der Waals surface area contributed by atoms with Crippen LogP contribution in [0.5, 0.6) is 0 Å². The molecule has 0 bridgehead atoms. The second-order valence-corrected chi connectivity index (χ2v) is 5.29. The average molecular weight is 282 g/mol.